The minimum Gasteiger partial charge on any atom is -0.383 e. The first-order valence-corrected chi connectivity index (χ1v) is 9.15. The summed E-state index contributed by atoms with van der Waals surface area (Å²) in [5, 5.41) is 22.6. The van der Waals surface area contributed by atoms with Gasteiger partial charge in [-0.15, -0.1) is 11.8 Å². The van der Waals surface area contributed by atoms with Gasteiger partial charge in [0, 0.05) is 37.0 Å². The van der Waals surface area contributed by atoms with Gasteiger partial charge in [0.15, 0.2) is 5.82 Å². The van der Waals surface area contributed by atoms with E-state index in [4.69, 9.17) is 4.52 Å². The van der Waals surface area contributed by atoms with Crippen LogP contribution in [-0.2, 0) is 9.59 Å². The highest BCUT2D eigenvalue weighted by atomic mass is 32.2. The Morgan fingerprint density at radius 1 is 1.19 bits per heavy atom. The van der Waals surface area contributed by atoms with E-state index in [9.17, 15) is 19.7 Å². The van der Waals surface area contributed by atoms with Gasteiger partial charge in [-0.05, 0) is 19.1 Å². The first-order valence-electron chi connectivity index (χ1n) is 8.00. The van der Waals surface area contributed by atoms with E-state index < -0.39 is 4.92 Å². The molecule has 0 aliphatic rings. The molecule has 27 heavy (non-hydrogen) atoms. The number of nitro benzene ring substituents is 1. The summed E-state index contributed by atoms with van der Waals surface area (Å²) in [5.74, 6) is 0.777. The van der Waals surface area contributed by atoms with Crippen LogP contribution >= 0.6 is 11.8 Å². The van der Waals surface area contributed by atoms with Crippen molar-refractivity contribution in [3.63, 3.8) is 0 Å². The van der Waals surface area contributed by atoms with E-state index in [1.807, 2.05) is 0 Å². The number of aryl methyl sites for hydroxylation is 1. The van der Waals surface area contributed by atoms with Crippen molar-refractivity contribution in [2.24, 2.45) is 0 Å². The molecular formula is C16H19N5O5S. The van der Waals surface area contributed by atoms with Crippen LogP contribution in [0.3, 0.4) is 0 Å². The second-order valence-electron chi connectivity index (χ2n) is 5.44. The second kappa shape index (κ2) is 10.2. The molecule has 3 N–H and O–H groups in total. The maximum absolute atomic E-state index is 11.7. The molecule has 0 unspecified atom stereocenters. The Hall–Kier alpha value is -3.08. The average Bonchev–Trinajstić information content (AvgIpc) is 3.03. The molecule has 0 bridgehead atoms. The van der Waals surface area contributed by atoms with Gasteiger partial charge >= 0.3 is 0 Å². The fourth-order valence-corrected chi connectivity index (χ4v) is 2.65. The monoisotopic (exact) mass is 393 g/mol. The van der Waals surface area contributed by atoms with E-state index in [0.717, 1.165) is 5.69 Å². The van der Waals surface area contributed by atoms with Crippen molar-refractivity contribution < 1.29 is 19.0 Å². The Labute approximate surface area is 159 Å². The fourth-order valence-electron chi connectivity index (χ4n) is 2.00. The van der Waals surface area contributed by atoms with Crippen molar-refractivity contribution in [2.45, 2.75) is 6.92 Å². The van der Waals surface area contributed by atoms with Crippen LogP contribution < -0.4 is 16.0 Å². The Kier molecular flexibility index (Phi) is 7.62. The lowest BCUT2D eigenvalue weighted by Crippen LogP contribution is -2.30. The molecule has 2 aromatic rings. The van der Waals surface area contributed by atoms with Crippen molar-refractivity contribution >= 4 is 40.8 Å². The molecule has 1 heterocycles. The summed E-state index contributed by atoms with van der Waals surface area (Å²) in [6.45, 7) is 2.58. The zero-order valence-electron chi connectivity index (χ0n) is 14.6. The zero-order chi connectivity index (χ0) is 19.6. The molecule has 0 radical (unpaired) electrons. The Morgan fingerprint density at radius 3 is 2.52 bits per heavy atom. The van der Waals surface area contributed by atoms with Crippen molar-refractivity contribution in [1.29, 1.82) is 0 Å². The highest BCUT2D eigenvalue weighted by Crippen LogP contribution is 2.14. The zero-order valence-corrected chi connectivity index (χ0v) is 15.4. The molecule has 0 fully saturated rings. The van der Waals surface area contributed by atoms with Crippen molar-refractivity contribution in [2.75, 3.05) is 35.2 Å². The highest BCUT2D eigenvalue weighted by molar-refractivity contribution is 8.00. The molecule has 0 saturated carbocycles. The molecule has 11 heteroatoms. The Bertz CT molecular complexity index is 793. The minimum atomic E-state index is -0.464. The normalized spacial score (nSPS) is 10.3. The van der Waals surface area contributed by atoms with Gasteiger partial charge in [0.05, 0.1) is 16.4 Å². The molecule has 0 spiro atoms. The first-order chi connectivity index (χ1) is 12.9. The molecule has 0 aliphatic carbocycles. The minimum absolute atomic E-state index is 0.0219. The molecule has 1 aromatic carbocycles. The van der Waals surface area contributed by atoms with Gasteiger partial charge in [0.25, 0.3) is 5.69 Å². The van der Waals surface area contributed by atoms with Gasteiger partial charge in [0.1, 0.15) is 5.76 Å². The van der Waals surface area contributed by atoms with Crippen molar-refractivity contribution in [3.8, 4) is 0 Å². The number of nitrogens with one attached hydrogen (secondary N) is 3. The molecule has 1 aromatic heterocycles. The summed E-state index contributed by atoms with van der Waals surface area (Å²) in [4.78, 5) is 33.5. The van der Waals surface area contributed by atoms with Crippen LogP contribution in [0, 0.1) is 17.0 Å². The maximum atomic E-state index is 11.7. The van der Waals surface area contributed by atoms with E-state index in [2.05, 4.69) is 21.1 Å². The van der Waals surface area contributed by atoms with E-state index in [-0.39, 0.29) is 29.0 Å². The molecule has 0 saturated heterocycles. The van der Waals surface area contributed by atoms with E-state index in [1.54, 1.807) is 25.1 Å². The smallest absolute Gasteiger partial charge is 0.269 e. The summed E-state index contributed by atoms with van der Waals surface area (Å²) in [7, 11) is 0. The van der Waals surface area contributed by atoms with Gasteiger partial charge in [-0.2, -0.15) is 0 Å². The topological polar surface area (TPSA) is 139 Å². The third kappa shape index (κ3) is 7.36. The van der Waals surface area contributed by atoms with Crippen LogP contribution in [0.1, 0.15) is 5.76 Å². The predicted molar refractivity (Wildman–Crippen MR) is 102 cm³/mol. The lowest BCUT2D eigenvalue weighted by Gasteiger charge is -2.08. The summed E-state index contributed by atoms with van der Waals surface area (Å²) < 4.78 is 4.84. The van der Waals surface area contributed by atoms with Crippen LogP contribution in [-0.4, -0.2) is 46.5 Å². The van der Waals surface area contributed by atoms with E-state index >= 15 is 0 Å². The molecular weight excluding hydrogens is 374 g/mol. The van der Waals surface area contributed by atoms with E-state index in [0.29, 0.717) is 24.7 Å². The number of anilines is 2. The number of carbonyl (C=O) groups excluding carboxylic acids is 2. The molecule has 2 rings (SSSR count). The van der Waals surface area contributed by atoms with Crippen LogP contribution in [0.2, 0.25) is 0 Å². The summed E-state index contributed by atoms with van der Waals surface area (Å²) in [6.07, 6.45) is 0. The fraction of sp³-hybridized carbons (Fsp3) is 0.312. The van der Waals surface area contributed by atoms with Gasteiger partial charge in [-0.1, -0.05) is 5.16 Å². The maximum Gasteiger partial charge on any atom is 0.269 e. The quantitative estimate of drug-likeness (QED) is 0.315. The number of aromatic nitrogens is 1. The number of amides is 2. The molecule has 10 nitrogen and oxygen atoms in total. The van der Waals surface area contributed by atoms with Gasteiger partial charge < -0.3 is 20.5 Å². The number of thioether (sulfide) groups is 1. The SMILES string of the molecule is Cc1cc(NC(=O)CSCC(=O)NCCNc2ccc([N+](=O)[O-])cc2)no1. The number of carbonyl (C=O) groups is 2. The van der Waals surface area contributed by atoms with Crippen LogP contribution in [0.4, 0.5) is 17.2 Å². The van der Waals surface area contributed by atoms with Gasteiger partial charge in [-0.25, -0.2) is 0 Å². The first kappa shape index (κ1) is 20.2. The average molecular weight is 393 g/mol. The Morgan fingerprint density at radius 2 is 1.89 bits per heavy atom. The second-order valence-corrected chi connectivity index (χ2v) is 6.43. The number of nitrogens with zero attached hydrogens (tertiary/aromatic N) is 2. The Balaban J connectivity index is 1.55. The summed E-state index contributed by atoms with van der Waals surface area (Å²) in [5.41, 5.74) is 0.748. The third-order valence-corrected chi connectivity index (χ3v) is 4.15. The largest absolute Gasteiger partial charge is 0.383 e. The molecule has 0 aliphatic heterocycles. The van der Waals surface area contributed by atoms with Crippen molar-refractivity contribution in [1.82, 2.24) is 10.5 Å². The standard InChI is InChI=1S/C16H19N5O5S/c1-11-8-14(20-26-11)19-16(23)10-27-9-15(22)18-7-6-17-12-2-4-13(5-3-12)21(24)25/h2-5,8,17H,6-7,9-10H2,1H3,(H,18,22)(H,19,20,23). The number of non-ortho nitro benzene ring substituents is 1. The highest BCUT2D eigenvalue weighted by Gasteiger charge is 2.08. The summed E-state index contributed by atoms with van der Waals surface area (Å²) in [6, 6.07) is 7.62. The molecule has 144 valence electrons. The number of benzene rings is 1. The number of hydrogen-bond acceptors (Lipinski definition) is 8. The van der Waals surface area contributed by atoms with Crippen LogP contribution in [0.15, 0.2) is 34.9 Å². The summed E-state index contributed by atoms with van der Waals surface area (Å²) >= 11 is 1.19. The van der Waals surface area contributed by atoms with Crippen molar-refractivity contribution in [3.05, 3.63) is 46.2 Å². The molecule has 2 amide bonds. The predicted octanol–water partition coefficient (Wildman–Crippen LogP) is 1.79. The van der Waals surface area contributed by atoms with E-state index in [1.165, 1.54) is 23.9 Å². The number of rotatable bonds is 10. The molecule has 0 atom stereocenters. The lowest BCUT2D eigenvalue weighted by atomic mass is 10.3. The van der Waals surface area contributed by atoms with Crippen LogP contribution in [0.5, 0.6) is 0 Å². The third-order valence-electron chi connectivity index (χ3n) is 3.22. The van der Waals surface area contributed by atoms with Gasteiger partial charge in [0.2, 0.25) is 11.8 Å². The number of hydrogen-bond donors (Lipinski definition) is 3. The lowest BCUT2D eigenvalue weighted by molar-refractivity contribution is -0.384. The van der Waals surface area contributed by atoms with Crippen LogP contribution in [0.25, 0.3) is 0 Å². The number of nitro groups is 1. The van der Waals surface area contributed by atoms with Gasteiger partial charge in [-0.3, -0.25) is 19.7 Å².